The normalized spacial score (nSPS) is 14.3. The van der Waals surface area contributed by atoms with Gasteiger partial charge in [-0.05, 0) is 43.0 Å². The fraction of sp³-hybridized carbons (Fsp3) is 0.474. The Bertz CT molecular complexity index is 716. The predicted molar refractivity (Wildman–Crippen MR) is 114 cm³/mol. The molecule has 2 rings (SSSR count). The van der Waals surface area contributed by atoms with Crippen molar-refractivity contribution in [1.82, 2.24) is 10.2 Å². The van der Waals surface area contributed by atoms with Crippen molar-refractivity contribution in [1.29, 1.82) is 0 Å². The van der Waals surface area contributed by atoms with E-state index in [4.69, 9.17) is 17.0 Å². The molecule has 0 unspecified atom stereocenters. The summed E-state index contributed by atoms with van der Waals surface area (Å²) in [6.07, 6.45) is 2.21. The number of thioether (sulfide) groups is 1. The number of rotatable bonds is 6. The highest BCUT2D eigenvalue weighted by atomic mass is 32.2. The fourth-order valence-electron chi connectivity index (χ4n) is 2.64. The molecule has 0 radical (unpaired) electrons. The molecule has 1 fully saturated rings. The summed E-state index contributed by atoms with van der Waals surface area (Å²) in [5.74, 6) is -0.339. The first-order valence-corrected chi connectivity index (χ1v) is 10.5. The standard InChI is InChI=1S/C19H25N3O4S2/c1-13-7-9-22(10-8-13)19(27)28-12-17(24)26-11-16(23)21-15-5-3-14(4-6-15)18(25)20-2/h3-6,13H,7-12H2,1-2H3,(H,20,25)(H,21,23). The van der Waals surface area contributed by atoms with Gasteiger partial charge in [0, 0.05) is 31.4 Å². The SMILES string of the molecule is CNC(=O)c1ccc(NC(=O)COC(=O)CSC(=S)N2CCC(C)CC2)cc1. The molecule has 0 saturated carbocycles. The number of esters is 1. The molecule has 0 bridgehead atoms. The third-order valence-electron chi connectivity index (χ3n) is 4.38. The van der Waals surface area contributed by atoms with Crippen molar-refractivity contribution in [3.8, 4) is 0 Å². The summed E-state index contributed by atoms with van der Waals surface area (Å²) in [6.45, 7) is 3.70. The van der Waals surface area contributed by atoms with Gasteiger partial charge in [-0.25, -0.2) is 0 Å². The minimum Gasteiger partial charge on any atom is -0.455 e. The fourth-order valence-corrected chi connectivity index (χ4v) is 3.69. The molecule has 1 aliphatic rings. The number of carbonyl (C=O) groups is 3. The van der Waals surface area contributed by atoms with Crippen LogP contribution in [0.2, 0.25) is 0 Å². The molecule has 1 heterocycles. The Labute approximate surface area is 174 Å². The molecule has 2 amide bonds. The van der Waals surface area contributed by atoms with E-state index in [2.05, 4.69) is 22.5 Å². The zero-order chi connectivity index (χ0) is 20.5. The Morgan fingerprint density at radius 3 is 2.46 bits per heavy atom. The van der Waals surface area contributed by atoms with Crippen LogP contribution in [0.5, 0.6) is 0 Å². The van der Waals surface area contributed by atoms with E-state index in [-0.39, 0.29) is 18.3 Å². The van der Waals surface area contributed by atoms with E-state index in [1.54, 1.807) is 31.3 Å². The van der Waals surface area contributed by atoms with E-state index in [9.17, 15) is 14.4 Å². The number of thiocarbonyl (C=S) groups is 1. The molecule has 1 aromatic rings. The van der Waals surface area contributed by atoms with Gasteiger partial charge in [0.2, 0.25) is 0 Å². The molecular formula is C19H25N3O4S2. The summed E-state index contributed by atoms with van der Waals surface area (Å²) < 4.78 is 5.69. The summed E-state index contributed by atoms with van der Waals surface area (Å²) in [6, 6.07) is 6.41. The quantitative estimate of drug-likeness (QED) is 0.536. The molecule has 152 valence electrons. The minimum absolute atomic E-state index is 0.0823. The third kappa shape index (κ3) is 7.12. The van der Waals surface area contributed by atoms with Crippen molar-refractivity contribution < 1.29 is 19.1 Å². The summed E-state index contributed by atoms with van der Waals surface area (Å²) in [5, 5.41) is 5.13. The van der Waals surface area contributed by atoms with Gasteiger partial charge in [-0.2, -0.15) is 0 Å². The molecule has 9 heteroatoms. The van der Waals surface area contributed by atoms with Crippen molar-refractivity contribution in [2.24, 2.45) is 5.92 Å². The van der Waals surface area contributed by atoms with E-state index in [1.165, 1.54) is 11.8 Å². The van der Waals surface area contributed by atoms with Crippen LogP contribution in [0.1, 0.15) is 30.1 Å². The lowest BCUT2D eigenvalue weighted by molar-refractivity contribution is -0.144. The van der Waals surface area contributed by atoms with Crippen molar-refractivity contribution >= 4 is 51.8 Å². The van der Waals surface area contributed by atoms with Crippen molar-refractivity contribution in [2.75, 3.05) is 37.8 Å². The highest BCUT2D eigenvalue weighted by molar-refractivity contribution is 8.23. The Morgan fingerprint density at radius 1 is 1.21 bits per heavy atom. The number of likely N-dealkylation sites (tertiary alicyclic amines) is 1. The molecule has 1 aliphatic heterocycles. The predicted octanol–water partition coefficient (Wildman–Crippen LogP) is 2.28. The van der Waals surface area contributed by atoms with Gasteiger partial charge < -0.3 is 20.3 Å². The van der Waals surface area contributed by atoms with Crippen molar-refractivity contribution in [3.05, 3.63) is 29.8 Å². The van der Waals surface area contributed by atoms with Crippen LogP contribution >= 0.6 is 24.0 Å². The second-order valence-corrected chi connectivity index (χ2v) is 8.20. The second kappa shape index (κ2) is 11.0. The number of hydrogen-bond donors (Lipinski definition) is 2. The number of carbonyl (C=O) groups excluding carboxylic acids is 3. The van der Waals surface area contributed by atoms with E-state index in [0.29, 0.717) is 21.5 Å². The molecular weight excluding hydrogens is 398 g/mol. The molecule has 2 N–H and O–H groups in total. The first-order valence-electron chi connectivity index (χ1n) is 9.08. The molecule has 1 aromatic carbocycles. The number of piperidine rings is 1. The van der Waals surface area contributed by atoms with Gasteiger partial charge >= 0.3 is 5.97 Å². The maximum absolute atomic E-state index is 11.9. The van der Waals surface area contributed by atoms with E-state index in [1.807, 2.05) is 0 Å². The number of ether oxygens (including phenoxy) is 1. The largest absolute Gasteiger partial charge is 0.455 e. The Morgan fingerprint density at radius 2 is 1.86 bits per heavy atom. The van der Waals surface area contributed by atoms with Crippen LogP contribution in [0.15, 0.2) is 24.3 Å². The maximum Gasteiger partial charge on any atom is 0.316 e. The molecule has 0 aliphatic carbocycles. The summed E-state index contributed by atoms with van der Waals surface area (Å²) >= 11 is 6.63. The van der Waals surface area contributed by atoms with Crippen molar-refractivity contribution in [2.45, 2.75) is 19.8 Å². The highest BCUT2D eigenvalue weighted by Gasteiger charge is 2.19. The zero-order valence-electron chi connectivity index (χ0n) is 16.0. The van der Waals surface area contributed by atoms with E-state index >= 15 is 0 Å². The Kier molecular flexibility index (Phi) is 8.72. The second-order valence-electron chi connectivity index (χ2n) is 6.59. The van der Waals surface area contributed by atoms with Gasteiger partial charge in [-0.15, -0.1) is 0 Å². The maximum atomic E-state index is 11.9. The highest BCUT2D eigenvalue weighted by Crippen LogP contribution is 2.20. The lowest BCUT2D eigenvalue weighted by atomic mass is 10.00. The Hall–Kier alpha value is -2.13. The molecule has 0 spiro atoms. The molecule has 7 nitrogen and oxygen atoms in total. The van der Waals surface area contributed by atoms with Crippen LogP contribution in [0.4, 0.5) is 5.69 Å². The molecule has 1 saturated heterocycles. The summed E-state index contributed by atoms with van der Waals surface area (Å²) in [4.78, 5) is 37.3. The van der Waals surface area contributed by atoms with Crippen LogP contribution in [-0.2, 0) is 14.3 Å². The third-order valence-corrected chi connectivity index (χ3v) is 5.87. The number of anilines is 1. The first kappa shape index (κ1) is 22.2. The molecule has 0 atom stereocenters. The van der Waals surface area contributed by atoms with Gasteiger partial charge in [-0.3, -0.25) is 14.4 Å². The number of nitrogens with one attached hydrogen (secondary N) is 2. The van der Waals surface area contributed by atoms with Gasteiger partial charge in [0.15, 0.2) is 6.61 Å². The van der Waals surface area contributed by atoms with Gasteiger partial charge in [0.1, 0.15) is 4.32 Å². The van der Waals surface area contributed by atoms with Crippen LogP contribution < -0.4 is 10.6 Å². The minimum atomic E-state index is -0.483. The van der Waals surface area contributed by atoms with E-state index in [0.717, 1.165) is 25.9 Å². The van der Waals surface area contributed by atoms with Crippen molar-refractivity contribution in [3.63, 3.8) is 0 Å². The average Bonchev–Trinajstić information content (AvgIpc) is 2.71. The van der Waals surface area contributed by atoms with E-state index < -0.39 is 11.9 Å². The summed E-state index contributed by atoms with van der Waals surface area (Å²) in [5.41, 5.74) is 1.01. The number of nitrogens with zero attached hydrogens (tertiary/aromatic N) is 1. The Balaban J connectivity index is 1.67. The smallest absolute Gasteiger partial charge is 0.316 e. The van der Waals surface area contributed by atoms with Gasteiger partial charge in [0.25, 0.3) is 11.8 Å². The molecule has 0 aromatic heterocycles. The lowest BCUT2D eigenvalue weighted by Gasteiger charge is -2.31. The van der Waals surface area contributed by atoms with Gasteiger partial charge in [-0.1, -0.05) is 30.9 Å². The first-order chi connectivity index (χ1) is 13.4. The van der Waals surface area contributed by atoms with Crippen LogP contribution in [0.3, 0.4) is 0 Å². The van der Waals surface area contributed by atoms with Crippen LogP contribution in [-0.4, -0.2) is 59.5 Å². The van der Waals surface area contributed by atoms with Gasteiger partial charge in [0.05, 0.1) is 5.75 Å². The van der Waals surface area contributed by atoms with Crippen LogP contribution in [0.25, 0.3) is 0 Å². The number of benzene rings is 1. The average molecular weight is 424 g/mol. The topological polar surface area (TPSA) is 87.7 Å². The number of hydrogen-bond acceptors (Lipinski definition) is 6. The van der Waals surface area contributed by atoms with Crippen LogP contribution in [0, 0.1) is 5.92 Å². The zero-order valence-corrected chi connectivity index (χ0v) is 17.7. The number of amides is 2. The molecule has 28 heavy (non-hydrogen) atoms. The summed E-state index contributed by atoms with van der Waals surface area (Å²) in [7, 11) is 1.55. The lowest BCUT2D eigenvalue weighted by Crippen LogP contribution is -2.35. The monoisotopic (exact) mass is 423 g/mol.